The van der Waals surface area contributed by atoms with E-state index in [2.05, 4.69) is 15.9 Å². The van der Waals surface area contributed by atoms with Gasteiger partial charge in [-0.15, -0.1) is 0 Å². The van der Waals surface area contributed by atoms with Crippen molar-refractivity contribution in [3.63, 3.8) is 0 Å². The Morgan fingerprint density at radius 2 is 2.10 bits per heavy atom. The van der Waals surface area contributed by atoms with Crippen LogP contribution in [0.25, 0.3) is 0 Å². The van der Waals surface area contributed by atoms with Gasteiger partial charge >= 0.3 is 0 Å². The predicted octanol–water partition coefficient (Wildman–Crippen LogP) is 3.50. The van der Waals surface area contributed by atoms with Crippen molar-refractivity contribution in [1.82, 2.24) is 4.90 Å². The summed E-state index contributed by atoms with van der Waals surface area (Å²) in [6.45, 7) is 1.25. The molecule has 0 N–H and O–H groups in total. The zero-order chi connectivity index (χ0) is 14.7. The molecule has 1 aromatic carbocycles. The molecule has 108 valence electrons. The molecule has 7 heteroatoms. The van der Waals surface area contributed by atoms with E-state index in [-0.39, 0.29) is 17.2 Å². The lowest BCUT2D eigenvalue weighted by atomic mass is 9.98. The van der Waals surface area contributed by atoms with E-state index in [0.717, 1.165) is 18.2 Å². The fourth-order valence-corrected chi connectivity index (χ4v) is 3.12. The highest BCUT2D eigenvalue weighted by molar-refractivity contribution is 9.09. The number of carbonyl (C=O) groups excluding carboxylic acids is 1. The molecule has 1 heterocycles. The van der Waals surface area contributed by atoms with Crippen molar-refractivity contribution in [3.8, 4) is 0 Å². The first-order valence-electron chi connectivity index (χ1n) is 6.32. The molecule has 1 aliphatic rings. The molecular weight excluding hydrogens is 348 g/mol. The lowest BCUT2D eigenvalue weighted by Gasteiger charge is -2.31. The first-order valence-corrected chi connectivity index (χ1v) is 7.82. The Labute approximate surface area is 130 Å². The number of piperidine rings is 1. The van der Waals surface area contributed by atoms with Gasteiger partial charge in [-0.1, -0.05) is 27.5 Å². The Morgan fingerprint density at radius 3 is 2.65 bits per heavy atom. The fourth-order valence-electron chi connectivity index (χ4n) is 2.30. The van der Waals surface area contributed by atoms with Gasteiger partial charge in [0.15, 0.2) is 0 Å². The van der Waals surface area contributed by atoms with Crippen molar-refractivity contribution < 1.29 is 9.72 Å². The molecule has 1 saturated heterocycles. The summed E-state index contributed by atoms with van der Waals surface area (Å²) >= 11 is 9.29. The molecule has 0 saturated carbocycles. The summed E-state index contributed by atoms with van der Waals surface area (Å²) in [5.41, 5.74) is -0.123. The summed E-state index contributed by atoms with van der Waals surface area (Å²) < 4.78 is 0. The Bertz CT molecular complexity index is 530. The number of alkyl halides is 1. The molecule has 2 rings (SSSR count). The molecule has 1 amide bonds. The van der Waals surface area contributed by atoms with Crippen LogP contribution in [0.3, 0.4) is 0 Å². The monoisotopic (exact) mass is 360 g/mol. The van der Waals surface area contributed by atoms with Gasteiger partial charge in [-0.3, -0.25) is 14.9 Å². The zero-order valence-electron chi connectivity index (χ0n) is 10.7. The van der Waals surface area contributed by atoms with Gasteiger partial charge in [0.05, 0.1) is 4.92 Å². The van der Waals surface area contributed by atoms with Crippen LogP contribution in [0.2, 0.25) is 5.02 Å². The number of hydrogen-bond acceptors (Lipinski definition) is 3. The Morgan fingerprint density at radius 1 is 1.45 bits per heavy atom. The molecule has 0 bridgehead atoms. The van der Waals surface area contributed by atoms with Crippen LogP contribution in [-0.4, -0.2) is 34.2 Å². The number of halogens is 2. The minimum atomic E-state index is -0.547. The third-order valence-electron chi connectivity index (χ3n) is 3.51. The number of hydrogen-bond donors (Lipinski definition) is 0. The minimum absolute atomic E-state index is 0.0693. The number of amides is 1. The first-order chi connectivity index (χ1) is 9.52. The molecular formula is C13H14BrClN2O3. The molecule has 5 nitrogen and oxygen atoms in total. The van der Waals surface area contributed by atoms with Crippen molar-refractivity contribution >= 4 is 39.1 Å². The minimum Gasteiger partial charge on any atom is -0.338 e. The SMILES string of the molecule is O=C(c1cc(Cl)ccc1[N+](=O)[O-])N1CCC(CBr)CC1. The largest absolute Gasteiger partial charge is 0.338 e. The van der Waals surface area contributed by atoms with Gasteiger partial charge in [-0.2, -0.15) is 0 Å². The zero-order valence-corrected chi connectivity index (χ0v) is 13.1. The maximum absolute atomic E-state index is 12.4. The van der Waals surface area contributed by atoms with E-state index >= 15 is 0 Å². The van der Waals surface area contributed by atoms with Crippen molar-refractivity contribution in [2.75, 3.05) is 18.4 Å². The predicted molar refractivity (Wildman–Crippen MR) is 80.5 cm³/mol. The lowest BCUT2D eigenvalue weighted by molar-refractivity contribution is -0.385. The second-order valence-electron chi connectivity index (χ2n) is 4.81. The molecule has 0 unspecified atom stereocenters. The summed E-state index contributed by atoms with van der Waals surface area (Å²) in [5.74, 6) is 0.251. The summed E-state index contributed by atoms with van der Waals surface area (Å²) in [5, 5.41) is 12.3. The highest BCUT2D eigenvalue weighted by Gasteiger charge is 2.28. The average Bonchev–Trinajstić information content (AvgIpc) is 2.46. The smallest absolute Gasteiger partial charge is 0.282 e. The van der Waals surface area contributed by atoms with E-state index in [9.17, 15) is 14.9 Å². The third kappa shape index (κ3) is 3.30. The standard InChI is InChI=1S/C13H14BrClN2O3/c14-8-9-3-5-16(6-4-9)13(18)11-7-10(15)1-2-12(11)17(19)20/h1-2,7,9H,3-6,8H2. The number of benzene rings is 1. The maximum atomic E-state index is 12.4. The van der Waals surface area contributed by atoms with Crippen LogP contribution in [-0.2, 0) is 0 Å². The summed E-state index contributed by atoms with van der Waals surface area (Å²) in [6.07, 6.45) is 1.82. The number of nitro groups is 1. The average molecular weight is 362 g/mol. The lowest BCUT2D eigenvalue weighted by Crippen LogP contribution is -2.39. The molecule has 20 heavy (non-hydrogen) atoms. The number of nitro benzene ring substituents is 1. The Kier molecular flexibility index (Phi) is 4.99. The van der Waals surface area contributed by atoms with E-state index < -0.39 is 4.92 Å². The second kappa shape index (κ2) is 6.54. The molecule has 0 atom stereocenters. The van der Waals surface area contributed by atoms with E-state index in [1.54, 1.807) is 4.90 Å². The van der Waals surface area contributed by atoms with Crippen LogP contribution in [0.15, 0.2) is 18.2 Å². The third-order valence-corrected chi connectivity index (χ3v) is 4.66. The van der Waals surface area contributed by atoms with Gasteiger partial charge < -0.3 is 4.90 Å². The van der Waals surface area contributed by atoms with Crippen LogP contribution in [0.1, 0.15) is 23.2 Å². The van der Waals surface area contributed by atoms with Crippen LogP contribution in [0.5, 0.6) is 0 Å². The normalized spacial score (nSPS) is 16.2. The van der Waals surface area contributed by atoms with Gasteiger partial charge in [-0.05, 0) is 30.9 Å². The van der Waals surface area contributed by atoms with Gasteiger partial charge in [0, 0.05) is 29.5 Å². The Balaban J connectivity index is 2.21. The quantitative estimate of drug-likeness (QED) is 0.470. The van der Waals surface area contributed by atoms with Crippen molar-refractivity contribution in [2.45, 2.75) is 12.8 Å². The van der Waals surface area contributed by atoms with Crippen molar-refractivity contribution in [2.24, 2.45) is 5.92 Å². The van der Waals surface area contributed by atoms with Crippen LogP contribution in [0, 0.1) is 16.0 Å². The molecule has 1 fully saturated rings. The Hall–Kier alpha value is -1.14. The second-order valence-corrected chi connectivity index (χ2v) is 5.89. The van der Waals surface area contributed by atoms with Crippen molar-refractivity contribution in [3.05, 3.63) is 38.9 Å². The van der Waals surface area contributed by atoms with Gasteiger partial charge in [0.1, 0.15) is 5.56 Å². The van der Waals surface area contributed by atoms with E-state index in [1.807, 2.05) is 0 Å². The number of rotatable bonds is 3. The van der Waals surface area contributed by atoms with E-state index in [4.69, 9.17) is 11.6 Å². The van der Waals surface area contributed by atoms with Crippen LogP contribution >= 0.6 is 27.5 Å². The van der Waals surface area contributed by atoms with E-state index in [0.29, 0.717) is 24.0 Å². The molecule has 0 spiro atoms. The fraction of sp³-hybridized carbons (Fsp3) is 0.462. The maximum Gasteiger partial charge on any atom is 0.282 e. The van der Waals surface area contributed by atoms with Gasteiger partial charge in [0.2, 0.25) is 0 Å². The molecule has 1 aromatic rings. The van der Waals surface area contributed by atoms with E-state index in [1.165, 1.54) is 18.2 Å². The van der Waals surface area contributed by atoms with Gasteiger partial charge in [0.25, 0.3) is 11.6 Å². The van der Waals surface area contributed by atoms with Crippen LogP contribution < -0.4 is 0 Å². The number of nitrogens with zero attached hydrogens (tertiary/aromatic N) is 2. The molecule has 0 aromatic heterocycles. The van der Waals surface area contributed by atoms with Gasteiger partial charge in [-0.25, -0.2) is 0 Å². The highest BCUT2D eigenvalue weighted by atomic mass is 79.9. The number of likely N-dealkylation sites (tertiary alicyclic amines) is 1. The summed E-state index contributed by atoms with van der Waals surface area (Å²) in [4.78, 5) is 24.5. The molecule has 0 radical (unpaired) electrons. The van der Waals surface area contributed by atoms with Crippen molar-refractivity contribution in [1.29, 1.82) is 0 Å². The number of carbonyl (C=O) groups is 1. The topological polar surface area (TPSA) is 63.4 Å². The first kappa shape index (κ1) is 15.3. The molecule has 0 aliphatic carbocycles. The summed E-state index contributed by atoms with van der Waals surface area (Å²) in [6, 6.07) is 4.08. The van der Waals surface area contributed by atoms with Crippen LogP contribution in [0.4, 0.5) is 5.69 Å². The molecule has 1 aliphatic heterocycles. The summed E-state index contributed by atoms with van der Waals surface area (Å²) in [7, 11) is 0. The highest BCUT2D eigenvalue weighted by Crippen LogP contribution is 2.26.